The van der Waals surface area contributed by atoms with Gasteiger partial charge >= 0.3 is 0 Å². The number of carbonyl (C=O) groups is 2. The van der Waals surface area contributed by atoms with Crippen LogP contribution in [0.1, 0.15) is 46.0 Å². The van der Waals surface area contributed by atoms with E-state index in [1.54, 1.807) is 11.8 Å². The Hall–Kier alpha value is -0.710. The van der Waals surface area contributed by atoms with Gasteiger partial charge in [0, 0.05) is 12.3 Å². The monoisotopic (exact) mass is 312 g/mol. The van der Waals surface area contributed by atoms with Crippen molar-refractivity contribution in [1.82, 2.24) is 10.2 Å². The lowest BCUT2D eigenvalue weighted by Crippen LogP contribution is -2.66. The number of nitrogens with zero attached hydrogens (tertiary/aromatic N) is 1. The fraction of sp³-hybridized carbons (Fsp3) is 0.875. The van der Waals surface area contributed by atoms with E-state index >= 15 is 0 Å². The molecule has 2 fully saturated rings. The molecule has 0 aromatic carbocycles. The van der Waals surface area contributed by atoms with Gasteiger partial charge in [-0.1, -0.05) is 33.1 Å². The van der Waals surface area contributed by atoms with Crippen LogP contribution in [0.5, 0.6) is 0 Å². The lowest BCUT2D eigenvalue weighted by molar-refractivity contribution is -0.152. The van der Waals surface area contributed by atoms with Crippen molar-refractivity contribution < 1.29 is 9.59 Å². The first-order chi connectivity index (χ1) is 10.1. The van der Waals surface area contributed by atoms with Crippen LogP contribution in [0.3, 0.4) is 0 Å². The second kappa shape index (κ2) is 7.52. The maximum Gasteiger partial charge on any atom is 0.246 e. The summed E-state index contributed by atoms with van der Waals surface area (Å²) in [4.78, 5) is 27.2. The van der Waals surface area contributed by atoms with Crippen LogP contribution in [0, 0.1) is 11.8 Å². The van der Waals surface area contributed by atoms with E-state index < -0.39 is 0 Å². The van der Waals surface area contributed by atoms with Crippen molar-refractivity contribution in [3.8, 4) is 0 Å². The van der Waals surface area contributed by atoms with Crippen molar-refractivity contribution in [2.75, 3.05) is 18.6 Å². The average molecular weight is 312 g/mol. The van der Waals surface area contributed by atoms with Gasteiger partial charge in [0.05, 0.1) is 0 Å². The van der Waals surface area contributed by atoms with Gasteiger partial charge in [0.1, 0.15) is 12.1 Å². The van der Waals surface area contributed by atoms with Crippen LogP contribution in [-0.4, -0.2) is 47.4 Å². The van der Waals surface area contributed by atoms with Crippen LogP contribution < -0.4 is 5.32 Å². The SMILES string of the molecule is CSCCN1C(=O)C(C2CCCCC2)NC(=O)C1C(C)C. The highest BCUT2D eigenvalue weighted by atomic mass is 32.2. The molecule has 0 bridgehead atoms. The normalized spacial score (nSPS) is 28.1. The van der Waals surface area contributed by atoms with Gasteiger partial charge in [-0.2, -0.15) is 11.8 Å². The molecule has 21 heavy (non-hydrogen) atoms. The van der Waals surface area contributed by atoms with E-state index in [2.05, 4.69) is 5.32 Å². The number of nitrogens with one attached hydrogen (secondary N) is 1. The minimum atomic E-state index is -0.301. The zero-order valence-electron chi connectivity index (χ0n) is 13.4. The Morgan fingerprint density at radius 2 is 1.90 bits per heavy atom. The summed E-state index contributed by atoms with van der Waals surface area (Å²) in [5.74, 6) is 1.57. The zero-order chi connectivity index (χ0) is 15.4. The smallest absolute Gasteiger partial charge is 0.246 e. The molecule has 1 N–H and O–H groups in total. The van der Waals surface area contributed by atoms with Crippen LogP contribution in [0.2, 0.25) is 0 Å². The fourth-order valence-corrected chi connectivity index (χ4v) is 4.03. The van der Waals surface area contributed by atoms with E-state index in [1.165, 1.54) is 19.3 Å². The summed E-state index contributed by atoms with van der Waals surface area (Å²) >= 11 is 1.72. The van der Waals surface area contributed by atoms with Crippen LogP contribution >= 0.6 is 11.8 Å². The highest BCUT2D eigenvalue weighted by molar-refractivity contribution is 7.98. The van der Waals surface area contributed by atoms with Crippen molar-refractivity contribution in [2.45, 2.75) is 58.0 Å². The third kappa shape index (κ3) is 3.74. The largest absolute Gasteiger partial charge is 0.342 e. The van der Waals surface area contributed by atoms with E-state index in [1.807, 2.05) is 25.0 Å². The molecule has 2 amide bonds. The molecule has 2 atom stereocenters. The second-order valence-electron chi connectivity index (χ2n) is 6.60. The molecule has 120 valence electrons. The molecule has 1 saturated carbocycles. The summed E-state index contributed by atoms with van der Waals surface area (Å²) in [5.41, 5.74) is 0. The Labute approximate surface area is 132 Å². The molecule has 1 aliphatic heterocycles. The predicted octanol–water partition coefficient (Wildman–Crippen LogP) is 2.28. The van der Waals surface area contributed by atoms with Crippen molar-refractivity contribution in [1.29, 1.82) is 0 Å². The van der Waals surface area contributed by atoms with E-state index in [9.17, 15) is 9.59 Å². The molecule has 5 heteroatoms. The number of hydrogen-bond donors (Lipinski definition) is 1. The molecule has 2 rings (SSSR count). The summed E-state index contributed by atoms with van der Waals surface area (Å²) in [5, 5.41) is 3.04. The van der Waals surface area contributed by atoms with Crippen LogP contribution in [-0.2, 0) is 9.59 Å². The molecule has 0 aromatic rings. The average Bonchev–Trinajstić information content (AvgIpc) is 2.48. The maximum absolute atomic E-state index is 12.9. The van der Waals surface area contributed by atoms with Gasteiger partial charge in [-0.15, -0.1) is 0 Å². The minimum absolute atomic E-state index is 0.0428. The summed E-state index contributed by atoms with van der Waals surface area (Å²) in [6.45, 7) is 4.72. The quantitative estimate of drug-likeness (QED) is 0.847. The molecule has 2 unspecified atom stereocenters. The number of piperazine rings is 1. The Balaban J connectivity index is 2.15. The van der Waals surface area contributed by atoms with Gasteiger partial charge in [-0.05, 0) is 30.9 Å². The maximum atomic E-state index is 12.9. The first-order valence-electron chi connectivity index (χ1n) is 8.16. The molecule has 4 nitrogen and oxygen atoms in total. The van der Waals surface area contributed by atoms with Gasteiger partial charge in [0.25, 0.3) is 0 Å². The Kier molecular flexibility index (Phi) is 5.97. The Morgan fingerprint density at radius 3 is 2.48 bits per heavy atom. The van der Waals surface area contributed by atoms with Gasteiger partial charge in [-0.25, -0.2) is 0 Å². The molecular formula is C16H28N2O2S. The van der Waals surface area contributed by atoms with Gasteiger partial charge < -0.3 is 10.2 Å². The topological polar surface area (TPSA) is 49.4 Å². The van der Waals surface area contributed by atoms with Crippen molar-refractivity contribution in [3.63, 3.8) is 0 Å². The molecule has 2 aliphatic rings. The van der Waals surface area contributed by atoms with Gasteiger partial charge in [0.2, 0.25) is 11.8 Å². The molecule has 1 saturated heterocycles. The molecule has 0 spiro atoms. The summed E-state index contributed by atoms with van der Waals surface area (Å²) < 4.78 is 0. The van der Waals surface area contributed by atoms with E-state index in [0.717, 1.165) is 18.6 Å². The number of carbonyl (C=O) groups excluding carboxylic acids is 2. The van der Waals surface area contributed by atoms with E-state index in [4.69, 9.17) is 0 Å². The number of hydrogen-bond acceptors (Lipinski definition) is 3. The lowest BCUT2D eigenvalue weighted by atomic mass is 9.81. The van der Waals surface area contributed by atoms with Crippen molar-refractivity contribution >= 4 is 23.6 Å². The molecule has 0 radical (unpaired) electrons. The Bertz CT molecular complexity index is 380. The first kappa shape index (κ1) is 16.7. The van der Waals surface area contributed by atoms with Gasteiger partial charge in [0.15, 0.2) is 0 Å². The minimum Gasteiger partial charge on any atom is -0.342 e. The van der Waals surface area contributed by atoms with Gasteiger partial charge in [-0.3, -0.25) is 9.59 Å². The van der Waals surface area contributed by atoms with Crippen molar-refractivity contribution in [2.24, 2.45) is 11.8 Å². The summed E-state index contributed by atoms with van der Waals surface area (Å²) in [7, 11) is 0. The number of rotatable bonds is 5. The third-order valence-corrected chi connectivity index (χ3v) is 5.33. The molecular weight excluding hydrogens is 284 g/mol. The van der Waals surface area contributed by atoms with Crippen LogP contribution in [0.25, 0.3) is 0 Å². The molecule has 1 heterocycles. The number of thioether (sulfide) groups is 1. The van der Waals surface area contributed by atoms with Crippen LogP contribution in [0.4, 0.5) is 0 Å². The van der Waals surface area contributed by atoms with Crippen molar-refractivity contribution in [3.05, 3.63) is 0 Å². The summed E-state index contributed by atoms with van der Waals surface area (Å²) in [6, 6.07) is -0.584. The van der Waals surface area contributed by atoms with E-state index in [-0.39, 0.29) is 29.8 Å². The van der Waals surface area contributed by atoms with Crippen LogP contribution in [0.15, 0.2) is 0 Å². The number of amides is 2. The summed E-state index contributed by atoms with van der Waals surface area (Å²) in [6.07, 6.45) is 7.80. The highest BCUT2D eigenvalue weighted by Crippen LogP contribution is 2.30. The highest BCUT2D eigenvalue weighted by Gasteiger charge is 2.44. The second-order valence-corrected chi connectivity index (χ2v) is 7.58. The molecule has 0 aromatic heterocycles. The lowest BCUT2D eigenvalue weighted by Gasteiger charge is -2.43. The first-order valence-corrected chi connectivity index (χ1v) is 9.55. The predicted molar refractivity (Wildman–Crippen MR) is 87.2 cm³/mol. The Morgan fingerprint density at radius 1 is 1.24 bits per heavy atom. The third-order valence-electron chi connectivity index (χ3n) is 4.74. The van der Waals surface area contributed by atoms with E-state index in [0.29, 0.717) is 12.5 Å². The fourth-order valence-electron chi connectivity index (χ4n) is 3.65. The zero-order valence-corrected chi connectivity index (χ0v) is 14.2. The molecule has 1 aliphatic carbocycles. The standard InChI is InChI=1S/C16H28N2O2S/c1-11(2)14-15(19)17-13(12-7-5-4-6-8-12)16(20)18(14)9-10-21-3/h11-14H,4-10H2,1-3H3,(H,17,19).